The molecule has 0 atom stereocenters. The van der Waals surface area contributed by atoms with Gasteiger partial charge in [0.05, 0.1) is 0 Å². The Bertz CT molecular complexity index is 180. The number of rotatable bonds is 17. The van der Waals surface area contributed by atoms with E-state index >= 15 is 0 Å². The SMILES string of the molecule is O=[C]CCCCCCCCCCCCCCCCCO. The molecule has 0 unspecified atom stereocenters. The summed E-state index contributed by atoms with van der Waals surface area (Å²) in [5.41, 5.74) is 0. The molecular weight excluding hydrogens is 248 g/mol. The molecule has 0 fully saturated rings. The first-order valence-corrected chi connectivity index (χ1v) is 8.87. The van der Waals surface area contributed by atoms with Crippen molar-refractivity contribution in [2.24, 2.45) is 0 Å². The smallest absolute Gasteiger partial charge is 0.198 e. The maximum absolute atomic E-state index is 10.0. The number of aliphatic hydroxyl groups is 1. The zero-order chi connectivity index (χ0) is 14.7. The Morgan fingerprint density at radius 1 is 0.500 bits per heavy atom. The summed E-state index contributed by atoms with van der Waals surface area (Å²) in [5, 5.41) is 8.67. The van der Waals surface area contributed by atoms with E-state index in [1.807, 2.05) is 6.29 Å². The Morgan fingerprint density at radius 3 is 1.10 bits per heavy atom. The molecule has 0 amide bonds. The van der Waals surface area contributed by atoms with Crippen molar-refractivity contribution in [1.82, 2.24) is 0 Å². The van der Waals surface area contributed by atoms with E-state index in [2.05, 4.69) is 0 Å². The second-order valence-electron chi connectivity index (χ2n) is 5.92. The van der Waals surface area contributed by atoms with Crippen molar-refractivity contribution in [2.75, 3.05) is 6.61 Å². The first kappa shape index (κ1) is 19.6. The highest BCUT2D eigenvalue weighted by atomic mass is 16.2. The second-order valence-corrected chi connectivity index (χ2v) is 5.92. The predicted molar refractivity (Wildman–Crippen MR) is 86.7 cm³/mol. The fourth-order valence-corrected chi connectivity index (χ4v) is 2.61. The largest absolute Gasteiger partial charge is 0.396 e. The van der Waals surface area contributed by atoms with Gasteiger partial charge in [-0.3, -0.25) is 4.79 Å². The highest BCUT2D eigenvalue weighted by molar-refractivity contribution is 5.50. The summed E-state index contributed by atoms with van der Waals surface area (Å²) in [5.74, 6) is 0. The third-order valence-corrected chi connectivity index (χ3v) is 3.94. The number of hydrogen-bond acceptors (Lipinski definition) is 2. The molecule has 1 radical (unpaired) electrons. The van der Waals surface area contributed by atoms with Gasteiger partial charge in [0.15, 0.2) is 6.29 Å². The lowest BCUT2D eigenvalue weighted by atomic mass is 10.0. The Balaban J connectivity index is 2.90. The topological polar surface area (TPSA) is 37.3 Å². The zero-order valence-corrected chi connectivity index (χ0v) is 13.4. The number of unbranched alkanes of at least 4 members (excludes halogenated alkanes) is 15. The van der Waals surface area contributed by atoms with Gasteiger partial charge < -0.3 is 5.11 Å². The van der Waals surface area contributed by atoms with Gasteiger partial charge in [-0.25, -0.2) is 0 Å². The molecule has 0 aliphatic rings. The van der Waals surface area contributed by atoms with E-state index < -0.39 is 0 Å². The van der Waals surface area contributed by atoms with Gasteiger partial charge in [-0.15, -0.1) is 0 Å². The minimum atomic E-state index is 0.357. The van der Waals surface area contributed by atoms with Crippen LogP contribution in [0.3, 0.4) is 0 Å². The van der Waals surface area contributed by atoms with Crippen LogP contribution in [-0.2, 0) is 4.79 Å². The van der Waals surface area contributed by atoms with Gasteiger partial charge in [-0.2, -0.15) is 0 Å². The van der Waals surface area contributed by atoms with Crippen molar-refractivity contribution in [3.63, 3.8) is 0 Å². The van der Waals surface area contributed by atoms with Crippen LogP contribution in [0.25, 0.3) is 0 Å². The van der Waals surface area contributed by atoms with Crippen LogP contribution in [0.1, 0.15) is 103 Å². The molecule has 0 aliphatic heterocycles. The van der Waals surface area contributed by atoms with Crippen molar-refractivity contribution in [2.45, 2.75) is 103 Å². The molecule has 1 N–H and O–H groups in total. The third kappa shape index (κ3) is 17.6. The third-order valence-electron chi connectivity index (χ3n) is 3.94. The lowest BCUT2D eigenvalue weighted by Crippen LogP contribution is -1.85. The molecule has 2 nitrogen and oxygen atoms in total. The minimum Gasteiger partial charge on any atom is -0.396 e. The van der Waals surface area contributed by atoms with Crippen molar-refractivity contribution in [3.05, 3.63) is 0 Å². The molecule has 0 bridgehead atoms. The van der Waals surface area contributed by atoms with E-state index in [-0.39, 0.29) is 0 Å². The highest BCUT2D eigenvalue weighted by Gasteiger charge is 1.94. The molecule has 20 heavy (non-hydrogen) atoms. The van der Waals surface area contributed by atoms with Crippen molar-refractivity contribution >= 4 is 6.29 Å². The van der Waals surface area contributed by atoms with Crippen molar-refractivity contribution in [3.8, 4) is 0 Å². The first-order chi connectivity index (χ1) is 9.91. The van der Waals surface area contributed by atoms with Gasteiger partial charge in [0.2, 0.25) is 0 Å². The molecule has 0 heterocycles. The Morgan fingerprint density at radius 2 is 0.800 bits per heavy atom. The van der Waals surface area contributed by atoms with Gasteiger partial charge in [0.1, 0.15) is 0 Å². The molecule has 0 aliphatic carbocycles. The van der Waals surface area contributed by atoms with Crippen LogP contribution in [0.15, 0.2) is 0 Å². The average Bonchev–Trinajstić information content (AvgIpc) is 2.47. The summed E-state index contributed by atoms with van der Waals surface area (Å²) < 4.78 is 0. The summed E-state index contributed by atoms with van der Waals surface area (Å²) in [4.78, 5) is 10.0. The van der Waals surface area contributed by atoms with Crippen LogP contribution in [0.2, 0.25) is 0 Å². The van der Waals surface area contributed by atoms with Crippen molar-refractivity contribution < 1.29 is 9.90 Å². The monoisotopic (exact) mass is 283 g/mol. The maximum Gasteiger partial charge on any atom is 0.198 e. The average molecular weight is 283 g/mol. The predicted octanol–water partition coefficient (Wildman–Crippen LogP) is 5.33. The molecule has 0 spiro atoms. The van der Waals surface area contributed by atoms with Crippen molar-refractivity contribution in [1.29, 1.82) is 0 Å². The lowest BCUT2D eigenvalue weighted by molar-refractivity contribution is 0.282. The lowest BCUT2D eigenvalue weighted by Gasteiger charge is -2.03. The molecule has 0 aromatic carbocycles. The van der Waals surface area contributed by atoms with Gasteiger partial charge >= 0.3 is 0 Å². The first-order valence-electron chi connectivity index (χ1n) is 8.87. The quantitative estimate of drug-likeness (QED) is 0.366. The van der Waals surface area contributed by atoms with E-state index in [0.717, 1.165) is 12.8 Å². The van der Waals surface area contributed by atoms with Crippen LogP contribution in [0.4, 0.5) is 0 Å². The molecule has 0 saturated carbocycles. The molecule has 2 heteroatoms. The highest BCUT2D eigenvalue weighted by Crippen LogP contribution is 2.13. The van der Waals surface area contributed by atoms with E-state index in [0.29, 0.717) is 13.0 Å². The van der Waals surface area contributed by atoms with Gasteiger partial charge in [-0.1, -0.05) is 83.5 Å². The van der Waals surface area contributed by atoms with E-state index in [4.69, 9.17) is 5.11 Å². The van der Waals surface area contributed by atoms with Crippen LogP contribution < -0.4 is 0 Å². The van der Waals surface area contributed by atoms with Crippen LogP contribution in [0, 0.1) is 0 Å². The molecule has 0 aromatic heterocycles. The molecular formula is C18H35O2. The molecule has 0 aromatic rings. The number of carbonyl (C=O) groups excluding carboxylic acids is 1. The van der Waals surface area contributed by atoms with Gasteiger partial charge in [0.25, 0.3) is 0 Å². The summed E-state index contributed by atoms with van der Waals surface area (Å²) in [6.07, 6.45) is 22.0. The van der Waals surface area contributed by atoms with Crippen LogP contribution in [-0.4, -0.2) is 18.0 Å². The molecule has 0 rings (SSSR count). The Hall–Kier alpha value is -0.370. The fourth-order valence-electron chi connectivity index (χ4n) is 2.61. The molecule has 119 valence electrons. The summed E-state index contributed by atoms with van der Waals surface area (Å²) >= 11 is 0. The molecule has 0 saturated heterocycles. The van der Waals surface area contributed by atoms with Crippen LogP contribution >= 0.6 is 0 Å². The summed E-state index contributed by atoms with van der Waals surface area (Å²) in [6.45, 7) is 0.357. The van der Waals surface area contributed by atoms with Gasteiger partial charge in [0, 0.05) is 13.0 Å². The van der Waals surface area contributed by atoms with E-state index in [9.17, 15) is 4.79 Å². The number of hydrogen-bond donors (Lipinski definition) is 1. The Kier molecular flexibility index (Phi) is 18.3. The van der Waals surface area contributed by atoms with Gasteiger partial charge in [-0.05, 0) is 12.8 Å². The fraction of sp³-hybridized carbons (Fsp3) is 0.944. The summed E-state index contributed by atoms with van der Waals surface area (Å²) in [6, 6.07) is 0. The normalized spacial score (nSPS) is 10.8. The second kappa shape index (κ2) is 18.6. The minimum absolute atomic E-state index is 0.357. The maximum atomic E-state index is 10.0. The zero-order valence-electron chi connectivity index (χ0n) is 13.4. The summed E-state index contributed by atoms with van der Waals surface area (Å²) in [7, 11) is 0. The standard InChI is InChI=1S/C18H35O2/c19-17-15-13-11-9-7-5-3-1-2-4-6-8-10-12-14-16-18-20/h19H,1-17H2. The van der Waals surface area contributed by atoms with E-state index in [1.54, 1.807) is 0 Å². The van der Waals surface area contributed by atoms with E-state index in [1.165, 1.54) is 83.5 Å². The van der Waals surface area contributed by atoms with Crippen LogP contribution in [0.5, 0.6) is 0 Å². The Labute approximate surface area is 126 Å². The number of aliphatic hydroxyl groups excluding tert-OH is 1.